The number of piperidine rings is 1. The summed E-state index contributed by atoms with van der Waals surface area (Å²) in [5.41, 5.74) is 2.13. The van der Waals surface area contributed by atoms with Crippen molar-refractivity contribution >= 4 is 15.9 Å². The highest BCUT2D eigenvalue weighted by atomic mass is 32.2. The zero-order chi connectivity index (χ0) is 20.0. The molecule has 7 heteroatoms. The molecule has 28 heavy (non-hydrogen) atoms. The van der Waals surface area contributed by atoms with Gasteiger partial charge in [0.1, 0.15) is 0 Å². The molecule has 0 aliphatic carbocycles. The number of hydrogen-bond donors (Lipinski definition) is 1. The number of carbonyl (C=O) groups is 1. The van der Waals surface area contributed by atoms with Gasteiger partial charge in [0.25, 0.3) is 5.91 Å². The van der Waals surface area contributed by atoms with E-state index in [1.54, 1.807) is 25.3 Å². The maximum absolute atomic E-state index is 13.0. The fourth-order valence-corrected chi connectivity index (χ4v) is 5.10. The zero-order valence-corrected chi connectivity index (χ0v) is 16.9. The van der Waals surface area contributed by atoms with E-state index in [1.807, 2.05) is 24.3 Å². The molecule has 0 radical (unpaired) electrons. The lowest BCUT2D eigenvalue weighted by Crippen LogP contribution is -2.37. The molecule has 1 aliphatic heterocycles. The lowest BCUT2D eigenvalue weighted by atomic mass is 10.1. The summed E-state index contributed by atoms with van der Waals surface area (Å²) in [5, 5.41) is 2.84. The van der Waals surface area contributed by atoms with E-state index in [-0.39, 0.29) is 10.5 Å². The third-order valence-electron chi connectivity index (χ3n) is 4.82. The van der Waals surface area contributed by atoms with E-state index < -0.39 is 15.9 Å². The summed E-state index contributed by atoms with van der Waals surface area (Å²) in [7, 11) is -2.05. The quantitative estimate of drug-likeness (QED) is 0.773. The van der Waals surface area contributed by atoms with Crippen LogP contribution in [0.5, 0.6) is 0 Å². The van der Waals surface area contributed by atoms with Gasteiger partial charge in [-0.3, -0.25) is 4.79 Å². The fraction of sp³-hybridized carbons (Fsp3) is 0.381. The summed E-state index contributed by atoms with van der Waals surface area (Å²) in [4.78, 5) is 12.8. The number of amides is 1. The first-order valence-electron chi connectivity index (χ1n) is 9.46. The minimum Gasteiger partial charge on any atom is -0.380 e. The number of hydrogen-bond acceptors (Lipinski definition) is 4. The van der Waals surface area contributed by atoms with Crippen molar-refractivity contribution in [3.63, 3.8) is 0 Å². The zero-order valence-electron chi connectivity index (χ0n) is 16.1. The average molecular weight is 403 g/mol. The van der Waals surface area contributed by atoms with Gasteiger partial charge in [0.2, 0.25) is 10.0 Å². The van der Waals surface area contributed by atoms with E-state index in [0.717, 1.165) is 30.4 Å². The van der Waals surface area contributed by atoms with Crippen molar-refractivity contribution < 1.29 is 17.9 Å². The summed E-state index contributed by atoms with van der Waals surface area (Å²) in [6, 6.07) is 14.1. The number of benzene rings is 2. The minimum absolute atomic E-state index is 0.0718. The third-order valence-corrected chi connectivity index (χ3v) is 6.78. The molecule has 2 aromatic carbocycles. The molecule has 0 atom stereocenters. The van der Waals surface area contributed by atoms with E-state index >= 15 is 0 Å². The molecule has 1 saturated heterocycles. The Morgan fingerprint density at radius 3 is 2.50 bits per heavy atom. The average Bonchev–Trinajstić information content (AvgIpc) is 2.73. The van der Waals surface area contributed by atoms with E-state index in [2.05, 4.69) is 5.32 Å². The molecule has 0 spiro atoms. The van der Waals surface area contributed by atoms with Gasteiger partial charge in [0.05, 0.1) is 17.1 Å². The van der Waals surface area contributed by atoms with Crippen molar-refractivity contribution in [1.29, 1.82) is 0 Å². The molecule has 1 heterocycles. The fourth-order valence-electron chi connectivity index (χ4n) is 3.40. The molecular weight excluding hydrogens is 376 g/mol. The third kappa shape index (κ3) is 4.79. The molecule has 3 rings (SSSR count). The summed E-state index contributed by atoms with van der Waals surface area (Å²) in [6.07, 6.45) is 2.74. The van der Waals surface area contributed by atoms with Crippen LogP contribution < -0.4 is 5.32 Å². The van der Waals surface area contributed by atoms with Crippen LogP contribution in [-0.2, 0) is 27.9 Å². The lowest BCUT2D eigenvalue weighted by Gasteiger charge is -2.26. The number of nitrogens with one attached hydrogen (secondary N) is 1. The second kappa shape index (κ2) is 9.32. The standard InChI is InChI=1S/C21H26N2O4S/c1-27-16-18-9-7-8-17(14-18)15-22-21(24)19-10-3-4-11-20(19)28(25,26)23-12-5-2-6-13-23/h3-4,7-11,14H,2,5-6,12-13,15-16H2,1H3,(H,22,24). The predicted molar refractivity (Wildman–Crippen MR) is 107 cm³/mol. The summed E-state index contributed by atoms with van der Waals surface area (Å²) in [5.74, 6) is -0.395. The Morgan fingerprint density at radius 2 is 1.75 bits per heavy atom. The van der Waals surface area contributed by atoms with Crippen LogP contribution in [0.2, 0.25) is 0 Å². The Bertz CT molecular complexity index is 922. The van der Waals surface area contributed by atoms with Crippen molar-refractivity contribution in [3.05, 3.63) is 65.2 Å². The molecule has 1 amide bonds. The monoisotopic (exact) mass is 402 g/mol. The minimum atomic E-state index is -3.68. The molecule has 0 unspecified atom stereocenters. The highest BCUT2D eigenvalue weighted by Crippen LogP contribution is 2.23. The van der Waals surface area contributed by atoms with Gasteiger partial charge in [0.15, 0.2) is 0 Å². The number of nitrogens with zero attached hydrogens (tertiary/aromatic N) is 1. The van der Waals surface area contributed by atoms with Gasteiger partial charge < -0.3 is 10.1 Å². The number of ether oxygens (including phenoxy) is 1. The molecule has 1 N–H and O–H groups in total. The van der Waals surface area contributed by atoms with Gasteiger partial charge >= 0.3 is 0 Å². The Morgan fingerprint density at radius 1 is 1.04 bits per heavy atom. The van der Waals surface area contributed by atoms with Gasteiger partial charge in [-0.1, -0.05) is 42.8 Å². The van der Waals surface area contributed by atoms with Gasteiger partial charge in [-0.25, -0.2) is 8.42 Å². The summed E-state index contributed by atoms with van der Waals surface area (Å²) in [6.45, 7) is 1.82. The van der Waals surface area contributed by atoms with Gasteiger partial charge in [-0.15, -0.1) is 0 Å². The largest absolute Gasteiger partial charge is 0.380 e. The van der Waals surface area contributed by atoms with E-state index in [9.17, 15) is 13.2 Å². The number of carbonyl (C=O) groups excluding carboxylic acids is 1. The van der Waals surface area contributed by atoms with Crippen molar-refractivity contribution in [2.75, 3.05) is 20.2 Å². The molecule has 2 aromatic rings. The highest BCUT2D eigenvalue weighted by Gasteiger charge is 2.29. The Labute approximate surface area is 166 Å². The van der Waals surface area contributed by atoms with Crippen molar-refractivity contribution in [3.8, 4) is 0 Å². The first-order chi connectivity index (χ1) is 13.5. The first kappa shape index (κ1) is 20.5. The maximum Gasteiger partial charge on any atom is 0.252 e. The molecule has 6 nitrogen and oxygen atoms in total. The molecule has 1 aliphatic rings. The van der Waals surface area contributed by atoms with E-state index in [1.165, 1.54) is 10.4 Å². The van der Waals surface area contributed by atoms with Gasteiger partial charge in [-0.05, 0) is 36.1 Å². The number of rotatable bonds is 7. The van der Waals surface area contributed by atoms with Gasteiger partial charge in [0, 0.05) is 26.7 Å². The van der Waals surface area contributed by atoms with Crippen LogP contribution in [0.1, 0.15) is 40.7 Å². The summed E-state index contributed by atoms with van der Waals surface area (Å²) < 4.78 is 32.7. The smallest absolute Gasteiger partial charge is 0.252 e. The molecular formula is C21H26N2O4S. The Hall–Kier alpha value is -2.22. The van der Waals surface area contributed by atoms with Crippen LogP contribution in [0.3, 0.4) is 0 Å². The predicted octanol–water partition coefficient (Wildman–Crippen LogP) is 2.94. The molecule has 1 fully saturated rings. The number of sulfonamides is 1. The Kier molecular flexibility index (Phi) is 6.83. The van der Waals surface area contributed by atoms with Crippen LogP contribution in [0, 0.1) is 0 Å². The maximum atomic E-state index is 13.0. The van der Waals surface area contributed by atoms with Crippen LogP contribution in [-0.4, -0.2) is 38.8 Å². The molecule has 150 valence electrons. The normalized spacial score (nSPS) is 15.3. The molecule has 0 saturated carbocycles. The van der Waals surface area contributed by atoms with Crippen LogP contribution in [0.4, 0.5) is 0 Å². The Balaban J connectivity index is 1.76. The van der Waals surface area contributed by atoms with E-state index in [0.29, 0.717) is 26.2 Å². The second-order valence-electron chi connectivity index (χ2n) is 6.90. The van der Waals surface area contributed by atoms with Crippen LogP contribution in [0.15, 0.2) is 53.4 Å². The molecule has 0 aromatic heterocycles. The highest BCUT2D eigenvalue weighted by molar-refractivity contribution is 7.89. The van der Waals surface area contributed by atoms with Gasteiger partial charge in [-0.2, -0.15) is 4.31 Å². The second-order valence-corrected chi connectivity index (χ2v) is 8.80. The number of methoxy groups -OCH3 is 1. The van der Waals surface area contributed by atoms with Crippen LogP contribution >= 0.6 is 0 Å². The van der Waals surface area contributed by atoms with Crippen molar-refractivity contribution in [2.24, 2.45) is 0 Å². The SMILES string of the molecule is COCc1cccc(CNC(=O)c2ccccc2S(=O)(=O)N2CCCCC2)c1. The first-order valence-corrected chi connectivity index (χ1v) is 10.9. The lowest BCUT2D eigenvalue weighted by molar-refractivity contribution is 0.0947. The van der Waals surface area contributed by atoms with Crippen molar-refractivity contribution in [2.45, 2.75) is 37.3 Å². The topological polar surface area (TPSA) is 75.7 Å². The van der Waals surface area contributed by atoms with E-state index in [4.69, 9.17) is 4.74 Å². The van der Waals surface area contributed by atoms with Crippen LogP contribution in [0.25, 0.3) is 0 Å². The van der Waals surface area contributed by atoms with Crippen molar-refractivity contribution in [1.82, 2.24) is 9.62 Å². The summed E-state index contributed by atoms with van der Waals surface area (Å²) >= 11 is 0. The molecule has 0 bridgehead atoms.